The number of aromatic nitrogens is 3. The Morgan fingerprint density at radius 1 is 1.35 bits per heavy atom. The molecule has 0 saturated carbocycles. The van der Waals surface area contributed by atoms with Crippen molar-refractivity contribution < 1.29 is 14.3 Å². The number of hydrogen-bond donors (Lipinski definition) is 0. The van der Waals surface area contributed by atoms with E-state index in [1.54, 1.807) is 11.0 Å². The lowest BCUT2D eigenvalue weighted by Crippen LogP contribution is -2.67. The molecule has 7 heteroatoms. The van der Waals surface area contributed by atoms with Crippen LogP contribution >= 0.6 is 0 Å². The maximum atomic E-state index is 12.4. The molecule has 0 N–H and O–H groups in total. The van der Waals surface area contributed by atoms with Gasteiger partial charge in [0.05, 0.1) is 49.5 Å². The highest BCUT2D eigenvalue weighted by Gasteiger charge is 2.49. The van der Waals surface area contributed by atoms with Crippen molar-refractivity contribution in [1.82, 2.24) is 20.1 Å². The smallest absolute Gasteiger partial charge is 0.255 e. The van der Waals surface area contributed by atoms with Crippen LogP contribution in [0.1, 0.15) is 34.6 Å². The van der Waals surface area contributed by atoms with Crippen LogP contribution < -0.4 is 0 Å². The second-order valence-electron chi connectivity index (χ2n) is 7.02. The van der Waals surface area contributed by atoms with E-state index in [-0.39, 0.29) is 17.6 Å². The molecule has 136 valence electrons. The molecular weight excluding hydrogens is 332 g/mol. The van der Waals surface area contributed by atoms with E-state index in [0.29, 0.717) is 31.9 Å². The predicted molar refractivity (Wildman–Crippen MR) is 93.4 cm³/mol. The zero-order chi connectivity index (χ0) is 18.0. The van der Waals surface area contributed by atoms with Gasteiger partial charge in [0.15, 0.2) is 0 Å². The number of amides is 1. The molecule has 7 nitrogen and oxygen atoms in total. The summed E-state index contributed by atoms with van der Waals surface area (Å²) in [6, 6.07) is 7.64. The molecule has 4 heterocycles. The summed E-state index contributed by atoms with van der Waals surface area (Å²) in [5.74, 6) is -0.0267. The fourth-order valence-corrected chi connectivity index (χ4v) is 3.62. The van der Waals surface area contributed by atoms with Crippen molar-refractivity contribution in [3.63, 3.8) is 0 Å². The Morgan fingerprint density at radius 3 is 3.00 bits per heavy atom. The van der Waals surface area contributed by atoms with Gasteiger partial charge >= 0.3 is 0 Å². The standard InChI is InChI=1S/C19H22N4O3/c1-14-3-2-4-16(22-14)11-25-17-6-8-26-19(9-17)12-23(13-19)18(24)15-5-7-20-21-10-15/h2-5,7,10,17H,6,8-9,11-13H2,1H3. The Kier molecular flexibility index (Phi) is 4.65. The highest BCUT2D eigenvalue weighted by Crippen LogP contribution is 2.36. The average molecular weight is 354 g/mol. The highest BCUT2D eigenvalue weighted by atomic mass is 16.5. The lowest BCUT2D eigenvalue weighted by molar-refractivity contribution is -0.188. The van der Waals surface area contributed by atoms with E-state index >= 15 is 0 Å². The maximum absolute atomic E-state index is 12.4. The summed E-state index contributed by atoms with van der Waals surface area (Å²) in [5.41, 5.74) is 2.22. The van der Waals surface area contributed by atoms with Gasteiger partial charge in [-0.15, -0.1) is 0 Å². The third-order valence-electron chi connectivity index (χ3n) is 4.94. The summed E-state index contributed by atoms with van der Waals surface area (Å²) in [6.45, 7) is 4.33. The minimum Gasteiger partial charge on any atom is -0.372 e. The minimum atomic E-state index is -0.279. The molecule has 1 unspecified atom stereocenters. The second-order valence-corrected chi connectivity index (χ2v) is 7.02. The van der Waals surface area contributed by atoms with E-state index in [1.165, 1.54) is 12.4 Å². The Balaban J connectivity index is 1.31. The molecule has 2 fully saturated rings. The summed E-state index contributed by atoms with van der Waals surface area (Å²) in [5, 5.41) is 7.48. The molecule has 2 saturated heterocycles. The topological polar surface area (TPSA) is 77.4 Å². The predicted octanol–water partition coefficient (Wildman–Crippen LogP) is 1.77. The second kappa shape index (κ2) is 7.09. The first kappa shape index (κ1) is 17.1. The van der Waals surface area contributed by atoms with Gasteiger partial charge in [0.1, 0.15) is 5.60 Å². The third kappa shape index (κ3) is 3.59. The largest absolute Gasteiger partial charge is 0.372 e. The van der Waals surface area contributed by atoms with Gasteiger partial charge in [0, 0.05) is 18.7 Å². The first-order valence-electron chi connectivity index (χ1n) is 8.88. The number of pyridine rings is 1. The van der Waals surface area contributed by atoms with Crippen LogP contribution in [-0.4, -0.2) is 57.4 Å². The number of hydrogen-bond acceptors (Lipinski definition) is 6. The van der Waals surface area contributed by atoms with E-state index in [0.717, 1.165) is 24.2 Å². The van der Waals surface area contributed by atoms with Crippen molar-refractivity contribution >= 4 is 5.91 Å². The molecule has 2 aliphatic heterocycles. The number of ether oxygens (including phenoxy) is 2. The summed E-state index contributed by atoms with van der Waals surface area (Å²) in [4.78, 5) is 18.7. The number of likely N-dealkylation sites (tertiary alicyclic amines) is 1. The van der Waals surface area contributed by atoms with Crippen LogP contribution in [0, 0.1) is 6.92 Å². The number of carbonyl (C=O) groups is 1. The maximum Gasteiger partial charge on any atom is 0.255 e. The first-order chi connectivity index (χ1) is 12.6. The molecule has 0 aromatic carbocycles. The van der Waals surface area contributed by atoms with E-state index < -0.39 is 0 Å². The van der Waals surface area contributed by atoms with Crippen LogP contribution in [0.15, 0.2) is 36.7 Å². The van der Waals surface area contributed by atoms with Crippen LogP contribution in [0.3, 0.4) is 0 Å². The fraction of sp³-hybridized carbons (Fsp3) is 0.474. The quantitative estimate of drug-likeness (QED) is 0.833. The zero-order valence-corrected chi connectivity index (χ0v) is 14.8. The fourth-order valence-electron chi connectivity index (χ4n) is 3.62. The van der Waals surface area contributed by atoms with Crippen LogP contribution in [0.4, 0.5) is 0 Å². The molecule has 26 heavy (non-hydrogen) atoms. The SMILES string of the molecule is Cc1cccc(COC2CCOC3(C2)CN(C(=O)c2ccnnc2)C3)n1. The zero-order valence-electron chi connectivity index (χ0n) is 14.8. The Hall–Kier alpha value is -2.38. The van der Waals surface area contributed by atoms with Crippen molar-refractivity contribution in [3.05, 3.63) is 53.6 Å². The summed E-state index contributed by atoms with van der Waals surface area (Å²) in [6.07, 6.45) is 4.83. The van der Waals surface area contributed by atoms with Crippen LogP contribution in [-0.2, 0) is 16.1 Å². The van der Waals surface area contributed by atoms with E-state index in [4.69, 9.17) is 9.47 Å². The molecule has 2 aromatic heterocycles. The molecule has 4 rings (SSSR count). The molecular formula is C19H22N4O3. The van der Waals surface area contributed by atoms with Gasteiger partial charge in [-0.1, -0.05) is 6.07 Å². The number of carbonyl (C=O) groups excluding carboxylic acids is 1. The lowest BCUT2D eigenvalue weighted by atomic mass is 9.84. The van der Waals surface area contributed by atoms with Crippen LogP contribution in [0.2, 0.25) is 0 Å². The molecule has 0 bridgehead atoms. The third-order valence-corrected chi connectivity index (χ3v) is 4.94. The summed E-state index contributed by atoms with van der Waals surface area (Å²) < 4.78 is 12.1. The van der Waals surface area contributed by atoms with Crippen molar-refractivity contribution in [2.24, 2.45) is 0 Å². The van der Waals surface area contributed by atoms with Crippen molar-refractivity contribution in [2.75, 3.05) is 19.7 Å². The Bertz CT molecular complexity index is 777. The molecule has 1 amide bonds. The Labute approximate surface area is 152 Å². The number of aryl methyl sites for hydroxylation is 1. The van der Waals surface area contributed by atoms with Gasteiger partial charge in [0.25, 0.3) is 5.91 Å². The van der Waals surface area contributed by atoms with Gasteiger partial charge in [0.2, 0.25) is 0 Å². The van der Waals surface area contributed by atoms with Gasteiger partial charge in [-0.05, 0) is 31.5 Å². The number of nitrogens with zero attached hydrogens (tertiary/aromatic N) is 4. The molecule has 2 aliphatic rings. The molecule has 0 radical (unpaired) electrons. The van der Waals surface area contributed by atoms with Gasteiger partial charge in [-0.25, -0.2) is 0 Å². The first-order valence-corrected chi connectivity index (χ1v) is 8.88. The monoisotopic (exact) mass is 354 g/mol. The lowest BCUT2D eigenvalue weighted by Gasteiger charge is -2.52. The van der Waals surface area contributed by atoms with Gasteiger partial charge in [-0.2, -0.15) is 10.2 Å². The van der Waals surface area contributed by atoms with Gasteiger partial charge in [-0.3, -0.25) is 9.78 Å². The molecule has 0 aliphatic carbocycles. The van der Waals surface area contributed by atoms with Crippen LogP contribution in [0.5, 0.6) is 0 Å². The van der Waals surface area contributed by atoms with E-state index in [2.05, 4.69) is 15.2 Å². The van der Waals surface area contributed by atoms with Gasteiger partial charge < -0.3 is 14.4 Å². The summed E-state index contributed by atoms with van der Waals surface area (Å²) >= 11 is 0. The van der Waals surface area contributed by atoms with E-state index in [9.17, 15) is 4.79 Å². The molecule has 1 spiro atoms. The Morgan fingerprint density at radius 2 is 2.23 bits per heavy atom. The number of rotatable bonds is 4. The van der Waals surface area contributed by atoms with Crippen LogP contribution in [0.25, 0.3) is 0 Å². The molecule has 2 aromatic rings. The molecule has 1 atom stereocenters. The average Bonchev–Trinajstić information content (AvgIpc) is 2.65. The normalized spacial score (nSPS) is 21.4. The van der Waals surface area contributed by atoms with Crippen molar-refractivity contribution in [3.8, 4) is 0 Å². The van der Waals surface area contributed by atoms with Crippen molar-refractivity contribution in [1.29, 1.82) is 0 Å². The minimum absolute atomic E-state index is 0.0267. The highest BCUT2D eigenvalue weighted by molar-refractivity contribution is 5.94. The van der Waals surface area contributed by atoms with E-state index in [1.807, 2.05) is 25.1 Å². The summed E-state index contributed by atoms with van der Waals surface area (Å²) in [7, 11) is 0. The van der Waals surface area contributed by atoms with Crippen molar-refractivity contribution in [2.45, 2.75) is 38.1 Å².